The Morgan fingerprint density at radius 2 is 1.79 bits per heavy atom. The lowest BCUT2D eigenvalue weighted by Crippen LogP contribution is -2.48. The van der Waals surface area contributed by atoms with E-state index in [-0.39, 0.29) is 5.91 Å². The van der Waals surface area contributed by atoms with E-state index < -0.39 is 0 Å². The summed E-state index contributed by atoms with van der Waals surface area (Å²) in [5.41, 5.74) is 1.92. The van der Waals surface area contributed by atoms with Gasteiger partial charge in [-0.3, -0.25) is 4.79 Å². The first kappa shape index (κ1) is 16.7. The zero-order chi connectivity index (χ0) is 16.9. The van der Waals surface area contributed by atoms with Crippen molar-refractivity contribution in [3.63, 3.8) is 0 Å². The fraction of sp³-hybridized carbons (Fsp3) is 0.316. The zero-order valence-corrected chi connectivity index (χ0v) is 14.2. The monoisotopic (exact) mass is 344 g/mol. The van der Waals surface area contributed by atoms with Crippen LogP contribution < -0.4 is 4.90 Å². The predicted molar refractivity (Wildman–Crippen MR) is 96.7 cm³/mol. The lowest BCUT2D eigenvalue weighted by Gasteiger charge is -2.36. The Kier molecular flexibility index (Phi) is 5.26. The van der Waals surface area contributed by atoms with Gasteiger partial charge in [0.05, 0.1) is 5.69 Å². The van der Waals surface area contributed by atoms with Gasteiger partial charge in [-0.05, 0) is 36.2 Å². The van der Waals surface area contributed by atoms with Crippen LogP contribution in [0.15, 0.2) is 48.5 Å². The number of rotatable bonds is 4. The van der Waals surface area contributed by atoms with Gasteiger partial charge in [0, 0.05) is 37.6 Å². The van der Waals surface area contributed by atoms with Crippen molar-refractivity contribution in [2.24, 2.45) is 0 Å². The Labute approximate surface area is 147 Å². The van der Waals surface area contributed by atoms with Gasteiger partial charge in [0.2, 0.25) is 5.91 Å². The Hall–Kier alpha value is -2.20. The number of benzene rings is 2. The van der Waals surface area contributed by atoms with Gasteiger partial charge in [-0.2, -0.15) is 0 Å². The Morgan fingerprint density at radius 3 is 2.50 bits per heavy atom. The van der Waals surface area contributed by atoms with Crippen LogP contribution in [0.25, 0.3) is 0 Å². The summed E-state index contributed by atoms with van der Waals surface area (Å²) < 4.78 is 0. The van der Waals surface area contributed by atoms with Crippen molar-refractivity contribution in [3.8, 4) is 5.75 Å². The molecule has 1 aliphatic heterocycles. The van der Waals surface area contributed by atoms with Gasteiger partial charge >= 0.3 is 0 Å². The second-order valence-corrected chi connectivity index (χ2v) is 6.42. The van der Waals surface area contributed by atoms with Gasteiger partial charge < -0.3 is 14.9 Å². The molecule has 2 aromatic rings. The largest absolute Gasteiger partial charge is 0.506 e. The average molecular weight is 345 g/mol. The number of hydrogen-bond acceptors (Lipinski definition) is 3. The normalized spacial score (nSPS) is 14.7. The highest BCUT2D eigenvalue weighted by molar-refractivity contribution is 6.30. The van der Waals surface area contributed by atoms with Crippen molar-refractivity contribution in [2.75, 3.05) is 31.1 Å². The Morgan fingerprint density at radius 1 is 1.04 bits per heavy atom. The van der Waals surface area contributed by atoms with Gasteiger partial charge in [0.15, 0.2) is 0 Å². The average Bonchev–Trinajstić information content (AvgIpc) is 2.60. The minimum atomic E-state index is 0.173. The maximum absolute atomic E-state index is 12.4. The first-order valence-electron chi connectivity index (χ1n) is 8.18. The first-order chi connectivity index (χ1) is 11.6. The van der Waals surface area contributed by atoms with Crippen molar-refractivity contribution in [2.45, 2.75) is 12.8 Å². The number of halogens is 1. The number of phenolic OH excluding ortho intramolecular Hbond substituents is 1. The molecular weight excluding hydrogens is 324 g/mol. The maximum atomic E-state index is 12.4. The highest BCUT2D eigenvalue weighted by Gasteiger charge is 2.22. The number of piperazine rings is 1. The van der Waals surface area contributed by atoms with Gasteiger partial charge in [0.1, 0.15) is 5.75 Å². The Balaban J connectivity index is 1.51. The molecule has 4 nitrogen and oxygen atoms in total. The minimum absolute atomic E-state index is 0.173. The number of nitrogens with zero attached hydrogens (tertiary/aromatic N) is 2. The summed E-state index contributed by atoms with van der Waals surface area (Å²) in [6.45, 7) is 2.84. The van der Waals surface area contributed by atoms with E-state index in [1.807, 2.05) is 47.4 Å². The highest BCUT2D eigenvalue weighted by Crippen LogP contribution is 2.27. The molecule has 0 bridgehead atoms. The summed E-state index contributed by atoms with van der Waals surface area (Å²) in [6, 6.07) is 15.0. The van der Waals surface area contributed by atoms with Crippen molar-refractivity contribution >= 4 is 23.2 Å². The third kappa shape index (κ3) is 4.01. The smallest absolute Gasteiger partial charge is 0.223 e. The fourth-order valence-corrected chi connectivity index (χ4v) is 3.24. The third-order valence-corrected chi connectivity index (χ3v) is 4.61. The van der Waals surface area contributed by atoms with Crippen LogP contribution in [0.4, 0.5) is 5.69 Å². The number of anilines is 1. The van der Waals surface area contributed by atoms with E-state index in [4.69, 9.17) is 11.6 Å². The molecule has 3 rings (SSSR count). The van der Waals surface area contributed by atoms with Crippen molar-refractivity contribution in [3.05, 3.63) is 59.1 Å². The van der Waals surface area contributed by atoms with E-state index in [2.05, 4.69) is 4.90 Å². The molecule has 24 heavy (non-hydrogen) atoms. The quantitative estimate of drug-likeness (QED) is 0.925. The number of aryl methyl sites for hydroxylation is 1. The predicted octanol–water partition coefficient (Wildman–Crippen LogP) is 3.33. The van der Waals surface area contributed by atoms with Crippen molar-refractivity contribution in [1.82, 2.24) is 4.90 Å². The molecule has 0 aromatic heterocycles. The van der Waals surface area contributed by atoms with Crippen LogP contribution in [-0.2, 0) is 11.2 Å². The van der Waals surface area contributed by atoms with E-state index in [1.54, 1.807) is 6.07 Å². The molecule has 2 aromatic carbocycles. The molecular formula is C19H21ClN2O2. The van der Waals surface area contributed by atoms with Crippen LogP contribution >= 0.6 is 11.6 Å². The zero-order valence-electron chi connectivity index (χ0n) is 13.5. The summed E-state index contributed by atoms with van der Waals surface area (Å²) >= 11 is 5.97. The van der Waals surface area contributed by atoms with Gasteiger partial charge in [-0.1, -0.05) is 35.9 Å². The topological polar surface area (TPSA) is 43.8 Å². The molecule has 1 aliphatic rings. The van der Waals surface area contributed by atoms with E-state index in [9.17, 15) is 9.90 Å². The van der Waals surface area contributed by atoms with Gasteiger partial charge in [-0.15, -0.1) is 0 Å². The van der Waals surface area contributed by atoms with Crippen LogP contribution in [0.5, 0.6) is 5.75 Å². The molecule has 1 amide bonds. The molecule has 0 spiro atoms. The number of amides is 1. The maximum Gasteiger partial charge on any atom is 0.223 e. The van der Waals surface area contributed by atoms with Crippen LogP contribution in [-0.4, -0.2) is 42.1 Å². The molecule has 1 saturated heterocycles. The van der Waals surface area contributed by atoms with E-state index in [0.717, 1.165) is 24.3 Å². The van der Waals surface area contributed by atoms with Crippen LogP contribution in [0.3, 0.4) is 0 Å². The van der Waals surface area contributed by atoms with Crippen LogP contribution in [0.1, 0.15) is 12.0 Å². The second kappa shape index (κ2) is 7.58. The summed E-state index contributed by atoms with van der Waals surface area (Å²) in [7, 11) is 0. The molecule has 1 N–H and O–H groups in total. The summed E-state index contributed by atoms with van der Waals surface area (Å²) in [5.74, 6) is 0.463. The minimum Gasteiger partial charge on any atom is -0.506 e. The summed E-state index contributed by atoms with van der Waals surface area (Å²) in [6.07, 6.45) is 1.20. The van der Waals surface area contributed by atoms with Crippen LogP contribution in [0, 0.1) is 0 Å². The lowest BCUT2D eigenvalue weighted by molar-refractivity contribution is -0.131. The highest BCUT2D eigenvalue weighted by atomic mass is 35.5. The molecule has 0 atom stereocenters. The number of para-hydroxylation sites is 2. The SMILES string of the molecule is O=C(CCc1cccc(Cl)c1)N1CCN(c2ccccc2O)CC1. The summed E-state index contributed by atoms with van der Waals surface area (Å²) in [4.78, 5) is 16.4. The third-order valence-electron chi connectivity index (χ3n) is 4.37. The van der Waals surface area contributed by atoms with E-state index in [0.29, 0.717) is 36.7 Å². The first-order valence-corrected chi connectivity index (χ1v) is 8.56. The molecule has 0 unspecified atom stereocenters. The number of carbonyl (C=O) groups excluding carboxylic acids is 1. The van der Waals surface area contributed by atoms with Gasteiger partial charge in [-0.25, -0.2) is 0 Å². The molecule has 1 fully saturated rings. The number of carbonyl (C=O) groups is 1. The summed E-state index contributed by atoms with van der Waals surface area (Å²) in [5, 5.41) is 10.6. The number of aromatic hydroxyl groups is 1. The number of hydrogen-bond donors (Lipinski definition) is 1. The molecule has 0 saturated carbocycles. The van der Waals surface area contributed by atoms with E-state index in [1.165, 1.54) is 0 Å². The molecule has 0 aliphatic carbocycles. The van der Waals surface area contributed by atoms with E-state index >= 15 is 0 Å². The van der Waals surface area contributed by atoms with Crippen LogP contribution in [0.2, 0.25) is 5.02 Å². The fourth-order valence-electron chi connectivity index (χ4n) is 3.03. The van der Waals surface area contributed by atoms with Gasteiger partial charge in [0.25, 0.3) is 0 Å². The number of phenols is 1. The molecule has 5 heteroatoms. The standard InChI is InChI=1S/C19H21ClN2O2/c20-16-5-3-4-15(14-16)8-9-19(24)22-12-10-21(11-13-22)17-6-1-2-7-18(17)23/h1-7,14,23H,8-13H2. The molecule has 126 valence electrons. The van der Waals surface area contributed by atoms with Crippen molar-refractivity contribution in [1.29, 1.82) is 0 Å². The Bertz CT molecular complexity index is 712. The molecule has 0 radical (unpaired) electrons. The lowest BCUT2D eigenvalue weighted by atomic mass is 10.1. The second-order valence-electron chi connectivity index (χ2n) is 5.99. The molecule has 1 heterocycles. The van der Waals surface area contributed by atoms with Crippen molar-refractivity contribution < 1.29 is 9.90 Å².